The first-order chi connectivity index (χ1) is 27.2. The fraction of sp³-hybridized carbons (Fsp3) is 0.769. The summed E-state index contributed by atoms with van der Waals surface area (Å²) in [6, 6.07) is -7.93. The Morgan fingerprint density at radius 2 is 1.10 bits per heavy atom. The molecule has 0 rings (SSSR count). The average molecular weight is 840 g/mol. The number of amides is 13. The van der Waals surface area contributed by atoms with Crippen LogP contribution in [0.4, 0.5) is 19.2 Å². The molecule has 59 heavy (non-hydrogen) atoms. The highest BCUT2D eigenvalue weighted by molar-refractivity contribution is 6.08. The Hall–Kier alpha value is -4.69. The molecule has 0 spiro atoms. The summed E-state index contributed by atoms with van der Waals surface area (Å²) in [6.45, 7) is 18.6. The monoisotopic (exact) mass is 840 g/mol. The van der Waals surface area contributed by atoms with E-state index in [0.717, 1.165) is 23.9 Å². The predicted molar refractivity (Wildman–Crippen MR) is 223 cm³/mol. The van der Waals surface area contributed by atoms with E-state index in [4.69, 9.17) is 0 Å². The van der Waals surface area contributed by atoms with Crippen LogP contribution in [0.25, 0.3) is 0 Å². The lowest BCUT2D eigenvalue weighted by molar-refractivity contribution is -0.143. The maximum Gasteiger partial charge on any atom is 0.335 e. The van der Waals surface area contributed by atoms with Crippen molar-refractivity contribution in [2.45, 2.75) is 125 Å². The van der Waals surface area contributed by atoms with Gasteiger partial charge in [-0.25, -0.2) is 29.0 Å². The van der Waals surface area contributed by atoms with Gasteiger partial charge in [0, 0.05) is 35.2 Å². The molecule has 0 heterocycles. The van der Waals surface area contributed by atoms with Crippen molar-refractivity contribution in [2.24, 2.45) is 23.7 Å². The van der Waals surface area contributed by atoms with Crippen LogP contribution in [-0.4, -0.2) is 169 Å². The summed E-state index contributed by atoms with van der Waals surface area (Å²) in [5, 5.41) is 13.4. The molecule has 5 N–H and O–H groups in total. The summed E-state index contributed by atoms with van der Waals surface area (Å²) in [5.74, 6) is -1.95. The van der Waals surface area contributed by atoms with E-state index in [-0.39, 0.29) is 36.3 Å². The van der Waals surface area contributed by atoms with Gasteiger partial charge in [-0.2, -0.15) is 0 Å². The van der Waals surface area contributed by atoms with Crippen LogP contribution in [0, 0.1) is 23.7 Å². The largest absolute Gasteiger partial charge is 0.338 e. The number of nitrogens with one attached hydrogen (secondary N) is 5. The van der Waals surface area contributed by atoms with E-state index in [1.165, 1.54) is 33.0 Å². The third-order valence-electron chi connectivity index (χ3n) is 10.0. The summed E-state index contributed by atoms with van der Waals surface area (Å²) >= 11 is 0. The van der Waals surface area contributed by atoms with Crippen LogP contribution in [0.15, 0.2) is 0 Å². The van der Waals surface area contributed by atoms with Gasteiger partial charge in [-0.1, -0.05) is 55.4 Å². The average Bonchev–Trinajstić information content (AvgIpc) is 3.16. The van der Waals surface area contributed by atoms with Crippen LogP contribution >= 0.6 is 0 Å². The minimum Gasteiger partial charge on any atom is -0.338 e. The molecule has 20 heteroatoms. The van der Waals surface area contributed by atoms with Crippen LogP contribution in [0.3, 0.4) is 0 Å². The number of likely N-dealkylation sites (N-methyl/N-ethyl adjacent to an activating group) is 4. The molecule has 0 saturated carbocycles. The molecule has 0 radical (unpaired) electrons. The van der Waals surface area contributed by atoms with E-state index in [1.807, 2.05) is 72.7 Å². The molecule has 1 unspecified atom stereocenters. The summed E-state index contributed by atoms with van der Waals surface area (Å²) in [7, 11) is 9.46. The highest BCUT2D eigenvalue weighted by Crippen LogP contribution is 2.19. The zero-order valence-electron chi connectivity index (χ0n) is 38.3. The Morgan fingerprint density at radius 1 is 0.593 bits per heavy atom. The van der Waals surface area contributed by atoms with Gasteiger partial charge in [0.15, 0.2) is 0 Å². The Morgan fingerprint density at radius 3 is 1.56 bits per heavy atom. The lowest BCUT2D eigenvalue weighted by Gasteiger charge is -2.41. The van der Waals surface area contributed by atoms with Crippen molar-refractivity contribution in [3.8, 4) is 0 Å². The molecular weight excluding hydrogens is 766 g/mol. The molecule has 338 valence electrons. The van der Waals surface area contributed by atoms with Gasteiger partial charge < -0.3 is 20.4 Å². The minimum absolute atomic E-state index is 0.0292. The summed E-state index contributed by atoms with van der Waals surface area (Å²) in [4.78, 5) is 122. The maximum absolute atomic E-state index is 14.1. The molecule has 0 aliphatic rings. The Kier molecular flexibility index (Phi) is 23.1. The number of nitrogens with zero attached hydrogens (tertiary/aromatic N) is 6. The SMILES string of the molecule is CN[C@@H](CC(C)C)C(=O)N(C)C(=O)N(C)C(=O)N(C)C(=O)NC(=O)N(C)[C@H](C)C(=O)N(C)[C@@H](CC(C)C)C(=O)NC(C(C)C)N(C)[C@@H](CC(C)C)N[C@H](C)C(=O)NC=O. The van der Waals surface area contributed by atoms with Gasteiger partial charge in [0.25, 0.3) is 0 Å². The summed E-state index contributed by atoms with van der Waals surface area (Å²) in [6.07, 6.45) is 0.686. The molecule has 0 aromatic rings. The van der Waals surface area contributed by atoms with Gasteiger partial charge in [0.05, 0.1) is 24.4 Å². The van der Waals surface area contributed by atoms with Crippen molar-refractivity contribution < 1.29 is 43.2 Å². The molecule has 6 atom stereocenters. The van der Waals surface area contributed by atoms with Crippen LogP contribution in [0.5, 0.6) is 0 Å². The Labute approximate surface area is 350 Å². The highest BCUT2D eigenvalue weighted by Gasteiger charge is 2.37. The molecular formula is C39H73N11O9. The number of hydrogen-bond donors (Lipinski definition) is 5. The first kappa shape index (κ1) is 54.3. The van der Waals surface area contributed by atoms with Crippen molar-refractivity contribution >= 4 is 54.2 Å². The second-order valence-electron chi connectivity index (χ2n) is 16.7. The first-order valence-corrected chi connectivity index (χ1v) is 20.0. The zero-order chi connectivity index (χ0) is 46.2. The molecule has 0 aliphatic heterocycles. The Bertz CT molecular complexity index is 1480. The van der Waals surface area contributed by atoms with E-state index < -0.39 is 78.1 Å². The molecule has 0 aliphatic carbocycles. The topological polar surface area (TPSA) is 233 Å². The Balaban J connectivity index is 6.03. The fourth-order valence-electron chi connectivity index (χ4n) is 6.22. The number of rotatable bonds is 20. The van der Waals surface area contributed by atoms with Crippen molar-refractivity contribution in [1.82, 2.24) is 56.0 Å². The van der Waals surface area contributed by atoms with Crippen LogP contribution in [0.2, 0.25) is 0 Å². The van der Waals surface area contributed by atoms with E-state index in [1.54, 1.807) is 14.0 Å². The second kappa shape index (κ2) is 25.1. The standard InChI is InChI=1S/C39H73N11O9/c1-22(2)18-28(40-11)35(55)48(15)38(58)50(17)39(59)49(16)37(57)44-36(56)45(12)27(10)34(54)46(13)29(19-23(3)4)33(53)43-31(25(7)8)47(14)30(20-24(5)6)42-26(9)32(52)41-21-51/h21-31,40,42H,18-20H2,1-17H3,(H,43,53)(H,41,51,52)(H,44,56,57)/t26-,27-,28+,29+,30+,31?/m1/s1. The van der Waals surface area contributed by atoms with Crippen LogP contribution in [0.1, 0.15) is 88.5 Å². The third-order valence-corrected chi connectivity index (χ3v) is 10.0. The van der Waals surface area contributed by atoms with Gasteiger partial charge >= 0.3 is 24.1 Å². The fourth-order valence-corrected chi connectivity index (χ4v) is 6.22. The van der Waals surface area contributed by atoms with Gasteiger partial charge in [0.2, 0.25) is 30.0 Å². The minimum atomic E-state index is -1.20. The van der Waals surface area contributed by atoms with Gasteiger partial charge in [-0.05, 0) is 70.9 Å². The quantitative estimate of drug-likeness (QED) is 0.0874. The van der Waals surface area contributed by atoms with Crippen molar-refractivity contribution in [1.29, 1.82) is 0 Å². The molecule has 0 bridgehead atoms. The van der Waals surface area contributed by atoms with Crippen molar-refractivity contribution in [3.05, 3.63) is 0 Å². The number of carbonyl (C=O) groups is 9. The normalized spacial score (nSPS) is 14.5. The molecule has 20 nitrogen and oxygen atoms in total. The zero-order valence-corrected chi connectivity index (χ0v) is 38.3. The van der Waals surface area contributed by atoms with Crippen LogP contribution < -0.4 is 26.6 Å². The number of imide groups is 5. The van der Waals surface area contributed by atoms with Gasteiger partial charge in [0.1, 0.15) is 12.1 Å². The summed E-state index contributed by atoms with van der Waals surface area (Å²) < 4.78 is 0. The third kappa shape index (κ3) is 16.5. The molecule has 0 saturated heterocycles. The second-order valence-corrected chi connectivity index (χ2v) is 16.7. The smallest absolute Gasteiger partial charge is 0.335 e. The summed E-state index contributed by atoms with van der Waals surface area (Å²) in [5.41, 5.74) is 0. The van der Waals surface area contributed by atoms with Crippen LogP contribution in [-0.2, 0) is 24.0 Å². The number of urea groups is 4. The van der Waals surface area contributed by atoms with Gasteiger partial charge in [-0.15, -0.1) is 0 Å². The van der Waals surface area contributed by atoms with E-state index in [9.17, 15) is 43.2 Å². The first-order valence-electron chi connectivity index (χ1n) is 20.0. The number of hydrogen-bond acceptors (Lipinski definition) is 12. The highest BCUT2D eigenvalue weighted by atomic mass is 16.2. The van der Waals surface area contributed by atoms with E-state index >= 15 is 0 Å². The molecule has 0 aromatic carbocycles. The molecule has 0 fully saturated rings. The van der Waals surface area contributed by atoms with Crippen molar-refractivity contribution in [2.75, 3.05) is 49.3 Å². The van der Waals surface area contributed by atoms with E-state index in [0.29, 0.717) is 29.1 Å². The number of carbonyl (C=O) groups excluding carboxylic acids is 9. The lowest BCUT2D eigenvalue weighted by atomic mass is 10.00. The van der Waals surface area contributed by atoms with Crippen molar-refractivity contribution in [3.63, 3.8) is 0 Å². The molecule has 13 amide bonds. The molecule has 0 aromatic heterocycles. The van der Waals surface area contributed by atoms with E-state index in [2.05, 4.69) is 21.3 Å². The predicted octanol–water partition coefficient (Wildman–Crippen LogP) is 1.86. The maximum atomic E-state index is 14.1. The van der Waals surface area contributed by atoms with Gasteiger partial charge in [-0.3, -0.25) is 49.7 Å². The lowest BCUT2D eigenvalue weighted by Crippen LogP contribution is -2.62.